The second kappa shape index (κ2) is 8.41. The van der Waals surface area contributed by atoms with E-state index in [2.05, 4.69) is 20.0 Å². The van der Waals surface area contributed by atoms with Gasteiger partial charge >= 0.3 is 0 Å². The van der Waals surface area contributed by atoms with Crippen molar-refractivity contribution < 1.29 is 9.59 Å². The van der Waals surface area contributed by atoms with E-state index in [4.69, 9.17) is 0 Å². The van der Waals surface area contributed by atoms with Crippen molar-refractivity contribution in [3.8, 4) is 5.82 Å². The Hall–Kier alpha value is -3.75. The molecule has 2 aliphatic rings. The molecule has 3 aromatic rings. The molecule has 9 heteroatoms. The van der Waals surface area contributed by atoms with Crippen molar-refractivity contribution in [3.63, 3.8) is 0 Å². The van der Waals surface area contributed by atoms with Crippen molar-refractivity contribution >= 4 is 23.3 Å². The number of nitrogens with zero attached hydrogens (tertiary/aromatic N) is 7. The van der Waals surface area contributed by atoms with E-state index in [1.54, 1.807) is 15.8 Å². The minimum atomic E-state index is -0.290. The Balaban J connectivity index is 1.23. The number of anilines is 2. The third-order valence-electron chi connectivity index (χ3n) is 6.01. The average molecular weight is 432 g/mol. The molecule has 0 saturated carbocycles. The highest BCUT2D eigenvalue weighted by molar-refractivity contribution is 6.00. The summed E-state index contributed by atoms with van der Waals surface area (Å²) in [5.74, 6) is 2.02. The fraction of sp³-hybridized carbons (Fsp3) is 0.348. The van der Waals surface area contributed by atoms with Crippen LogP contribution in [0.5, 0.6) is 0 Å². The second-order valence-corrected chi connectivity index (χ2v) is 8.14. The Labute approximate surface area is 186 Å². The summed E-state index contributed by atoms with van der Waals surface area (Å²) in [6.45, 7) is 4.89. The number of aryl methyl sites for hydroxylation is 1. The van der Waals surface area contributed by atoms with Crippen LogP contribution in [-0.4, -0.2) is 69.2 Å². The van der Waals surface area contributed by atoms with Gasteiger partial charge in [0.25, 0.3) is 0 Å². The van der Waals surface area contributed by atoms with E-state index >= 15 is 0 Å². The summed E-state index contributed by atoms with van der Waals surface area (Å²) < 4.78 is 1.72. The maximum atomic E-state index is 13.1. The van der Waals surface area contributed by atoms with Gasteiger partial charge in [-0.25, -0.2) is 14.6 Å². The van der Waals surface area contributed by atoms with E-state index in [-0.39, 0.29) is 24.2 Å². The molecule has 1 atom stereocenters. The number of para-hydroxylation sites is 1. The number of aromatic nitrogens is 4. The zero-order chi connectivity index (χ0) is 22.1. The first kappa shape index (κ1) is 20.2. The lowest BCUT2D eigenvalue weighted by atomic mass is 10.1. The fourth-order valence-electron chi connectivity index (χ4n) is 4.36. The monoisotopic (exact) mass is 431 g/mol. The van der Waals surface area contributed by atoms with Crippen molar-refractivity contribution in [1.29, 1.82) is 0 Å². The second-order valence-electron chi connectivity index (χ2n) is 8.14. The molecule has 0 bridgehead atoms. The third kappa shape index (κ3) is 3.93. The molecule has 2 aromatic heterocycles. The highest BCUT2D eigenvalue weighted by Gasteiger charge is 2.38. The maximum Gasteiger partial charge on any atom is 0.228 e. The molecule has 1 unspecified atom stereocenters. The van der Waals surface area contributed by atoms with Gasteiger partial charge in [0.05, 0.1) is 5.92 Å². The van der Waals surface area contributed by atoms with Gasteiger partial charge in [-0.2, -0.15) is 5.10 Å². The van der Waals surface area contributed by atoms with Crippen LogP contribution in [0, 0.1) is 12.8 Å². The summed E-state index contributed by atoms with van der Waals surface area (Å²) >= 11 is 0. The van der Waals surface area contributed by atoms with E-state index < -0.39 is 0 Å². The van der Waals surface area contributed by atoms with Gasteiger partial charge in [-0.15, -0.1) is 0 Å². The highest BCUT2D eigenvalue weighted by atomic mass is 16.2. The SMILES string of the molecule is Cc1nc(N2CCN(C(=O)C3CC(=O)N(c4ccccc4)C3)CC2)cc(-n2cccn2)n1. The molecule has 0 aliphatic carbocycles. The number of amides is 2. The predicted molar refractivity (Wildman–Crippen MR) is 120 cm³/mol. The van der Waals surface area contributed by atoms with E-state index in [1.807, 2.05) is 60.5 Å². The number of hydrogen-bond donors (Lipinski definition) is 0. The Morgan fingerprint density at radius 2 is 1.75 bits per heavy atom. The number of carbonyl (C=O) groups excluding carboxylic acids is 2. The van der Waals surface area contributed by atoms with Crippen molar-refractivity contribution in [2.45, 2.75) is 13.3 Å². The molecule has 32 heavy (non-hydrogen) atoms. The third-order valence-corrected chi connectivity index (χ3v) is 6.01. The van der Waals surface area contributed by atoms with Crippen molar-refractivity contribution in [2.75, 3.05) is 42.5 Å². The topological polar surface area (TPSA) is 87.5 Å². The summed E-state index contributed by atoms with van der Waals surface area (Å²) in [5.41, 5.74) is 0.852. The van der Waals surface area contributed by atoms with Crippen molar-refractivity contribution in [1.82, 2.24) is 24.6 Å². The Morgan fingerprint density at radius 1 is 1.00 bits per heavy atom. The first-order valence-corrected chi connectivity index (χ1v) is 10.8. The molecule has 9 nitrogen and oxygen atoms in total. The van der Waals surface area contributed by atoms with Crippen LogP contribution in [0.1, 0.15) is 12.2 Å². The van der Waals surface area contributed by atoms with Crippen LogP contribution in [0.2, 0.25) is 0 Å². The molecular formula is C23H25N7O2. The van der Waals surface area contributed by atoms with E-state index in [9.17, 15) is 9.59 Å². The smallest absolute Gasteiger partial charge is 0.228 e. The number of hydrogen-bond acceptors (Lipinski definition) is 6. The zero-order valence-corrected chi connectivity index (χ0v) is 18.0. The summed E-state index contributed by atoms with van der Waals surface area (Å²) in [6, 6.07) is 13.3. The number of benzene rings is 1. The van der Waals surface area contributed by atoms with E-state index in [1.165, 1.54) is 0 Å². The fourth-order valence-corrected chi connectivity index (χ4v) is 4.36. The van der Waals surface area contributed by atoms with Gasteiger partial charge in [0, 0.05) is 63.3 Å². The Bertz CT molecular complexity index is 1110. The highest BCUT2D eigenvalue weighted by Crippen LogP contribution is 2.27. The molecule has 0 N–H and O–H groups in total. The minimum Gasteiger partial charge on any atom is -0.353 e. The summed E-state index contributed by atoms with van der Waals surface area (Å²) in [5, 5.41) is 4.25. The van der Waals surface area contributed by atoms with Gasteiger partial charge in [0.15, 0.2) is 5.82 Å². The van der Waals surface area contributed by atoms with Gasteiger partial charge in [-0.05, 0) is 25.1 Å². The zero-order valence-electron chi connectivity index (χ0n) is 18.0. The molecule has 0 spiro atoms. The molecule has 0 radical (unpaired) electrons. The molecule has 1 aromatic carbocycles. The molecule has 2 fully saturated rings. The predicted octanol–water partition coefficient (Wildman–Crippen LogP) is 1.67. The van der Waals surface area contributed by atoms with Gasteiger partial charge in [-0.3, -0.25) is 9.59 Å². The van der Waals surface area contributed by atoms with Crippen molar-refractivity contribution in [2.24, 2.45) is 5.92 Å². The normalized spacial score (nSPS) is 19.0. The van der Waals surface area contributed by atoms with E-state index in [0.29, 0.717) is 38.5 Å². The summed E-state index contributed by atoms with van der Waals surface area (Å²) in [4.78, 5) is 40.4. The molecule has 5 rings (SSSR count). The first-order chi connectivity index (χ1) is 15.6. The molecule has 2 aliphatic heterocycles. The van der Waals surface area contributed by atoms with Gasteiger partial charge < -0.3 is 14.7 Å². The molecule has 164 valence electrons. The van der Waals surface area contributed by atoms with Crippen LogP contribution in [0.4, 0.5) is 11.5 Å². The van der Waals surface area contributed by atoms with Gasteiger partial charge in [0.2, 0.25) is 11.8 Å². The lowest BCUT2D eigenvalue weighted by molar-refractivity contribution is -0.136. The number of piperazine rings is 1. The standard InChI is InChI=1S/C23H25N7O2/c1-17-25-20(15-21(26-17)30-9-5-8-24-30)27-10-12-28(13-11-27)23(32)18-14-22(31)29(16-18)19-6-3-2-4-7-19/h2-9,15,18H,10-14,16H2,1H3. The largest absolute Gasteiger partial charge is 0.353 e. The van der Waals surface area contributed by atoms with Crippen LogP contribution in [0.3, 0.4) is 0 Å². The average Bonchev–Trinajstić information content (AvgIpc) is 3.49. The summed E-state index contributed by atoms with van der Waals surface area (Å²) in [6.07, 6.45) is 3.84. The van der Waals surface area contributed by atoms with Crippen LogP contribution >= 0.6 is 0 Å². The Kier molecular flexibility index (Phi) is 5.30. The number of rotatable bonds is 4. The molecule has 2 saturated heterocycles. The van der Waals surface area contributed by atoms with Gasteiger partial charge in [-0.1, -0.05) is 18.2 Å². The van der Waals surface area contributed by atoms with Crippen LogP contribution in [-0.2, 0) is 9.59 Å². The first-order valence-electron chi connectivity index (χ1n) is 10.8. The molecule has 2 amide bonds. The Morgan fingerprint density at radius 3 is 2.47 bits per heavy atom. The van der Waals surface area contributed by atoms with Crippen LogP contribution in [0.25, 0.3) is 5.82 Å². The number of carbonyl (C=O) groups is 2. The van der Waals surface area contributed by atoms with Crippen LogP contribution in [0.15, 0.2) is 54.9 Å². The van der Waals surface area contributed by atoms with Gasteiger partial charge in [0.1, 0.15) is 11.6 Å². The molecular weight excluding hydrogens is 406 g/mol. The maximum absolute atomic E-state index is 13.1. The van der Waals surface area contributed by atoms with Crippen LogP contribution < -0.4 is 9.80 Å². The lowest BCUT2D eigenvalue weighted by Gasteiger charge is -2.36. The van der Waals surface area contributed by atoms with E-state index in [0.717, 1.165) is 17.3 Å². The molecule has 4 heterocycles. The minimum absolute atomic E-state index is 0.01000. The van der Waals surface area contributed by atoms with Crippen molar-refractivity contribution in [3.05, 3.63) is 60.7 Å². The quantitative estimate of drug-likeness (QED) is 0.625. The lowest BCUT2D eigenvalue weighted by Crippen LogP contribution is -2.51. The summed E-state index contributed by atoms with van der Waals surface area (Å²) in [7, 11) is 0.